The van der Waals surface area contributed by atoms with Crippen molar-refractivity contribution in [3.8, 4) is 6.07 Å². The van der Waals surface area contributed by atoms with Gasteiger partial charge in [0.2, 0.25) is 5.91 Å². The molecule has 1 fully saturated rings. The predicted molar refractivity (Wildman–Crippen MR) is 140 cm³/mol. The van der Waals surface area contributed by atoms with Crippen LogP contribution in [0.25, 0.3) is 0 Å². The Balaban J connectivity index is 0.000000277. The minimum absolute atomic E-state index is 0.198. The number of halogens is 4. The molecular weight excluding hydrogens is 485 g/mol. The second-order valence-corrected chi connectivity index (χ2v) is 9.58. The Morgan fingerprint density at radius 2 is 1.64 bits per heavy atom. The standard InChI is InChI=1S/C13H25NO.C8H6ClN.C8H7F3/c1-5-10(4)11-8-13(15)14(9-11)12(6-2)7-3;1-6-2-3-7(5-10)8(9)4-6;1-2-5-3-7(10)8(11)4-6(5)9/h10-12H,5-9H2,1-4H3;2-4H,1H3;3-4H,2H2,1H3. The lowest BCUT2D eigenvalue weighted by Crippen LogP contribution is -2.36. The summed E-state index contributed by atoms with van der Waals surface area (Å²) < 4.78 is 37.3. The fraction of sp³-hybridized carbons (Fsp3) is 0.517. The van der Waals surface area contributed by atoms with Gasteiger partial charge in [-0.25, -0.2) is 13.2 Å². The summed E-state index contributed by atoms with van der Waals surface area (Å²) in [6.07, 6.45) is 4.52. The molecule has 1 aliphatic rings. The second kappa shape index (κ2) is 15.6. The van der Waals surface area contributed by atoms with E-state index in [-0.39, 0.29) is 5.56 Å². The molecule has 0 N–H and O–H groups in total. The number of likely N-dealkylation sites (tertiary alicyclic amines) is 1. The van der Waals surface area contributed by atoms with E-state index in [2.05, 4.69) is 32.6 Å². The molecule has 1 heterocycles. The zero-order valence-electron chi connectivity index (χ0n) is 22.2. The topological polar surface area (TPSA) is 44.1 Å². The molecule has 2 unspecified atom stereocenters. The average Bonchev–Trinajstić information content (AvgIpc) is 3.24. The summed E-state index contributed by atoms with van der Waals surface area (Å²) in [6.45, 7) is 13.5. The van der Waals surface area contributed by atoms with Crippen LogP contribution >= 0.6 is 11.6 Å². The molecule has 2 aromatic carbocycles. The van der Waals surface area contributed by atoms with Crippen LogP contribution in [0.4, 0.5) is 13.2 Å². The van der Waals surface area contributed by atoms with Crippen molar-refractivity contribution in [3.63, 3.8) is 0 Å². The van der Waals surface area contributed by atoms with Gasteiger partial charge in [-0.1, -0.05) is 58.7 Å². The van der Waals surface area contributed by atoms with Crippen LogP contribution in [0.2, 0.25) is 5.02 Å². The molecule has 1 aliphatic heterocycles. The second-order valence-electron chi connectivity index (χ2n) is 9.17. The van der Waals surface area contributed by atoms with Crippen LogP contribution < -0.4 is 0 Å². The number of hydrogen-bond acceptors (Lipinski definition) is 2. The van der Waals surface area contributed by atoms with Gasteiger partial charge in [0.15, 0.2) is 11.6 Å². The van der Waals surface area contributed by atoms with Crippen LogP contribution in [0.1, 0.15) is 77.0 Å². The maximum atomic E-state index is 12.6. The normalized spacial score (nSPS) is 15.6. The molecule has 198 valence electrons. The van der Waals surface area contributed by atoms with Gasteiger partial charge in [-0.3, -0.25) is 4.79 Å². The Hall–Kier alpha value is -2.52. The number of hydrogen-bond donors (Lipinski definition) is 0. The molecule has 0 aliphatic carbocycles. The zero-order chi connectivity index (χ0) is 27.4. The van der Waals surface area contributed by atoms with Gasteiger partial charge in [-0.15, -0.1) is 0 Å². The number of amides is 1. The van der Waals surface area contributed by atoms with E-state index in [0.29, 0.717) is 46.9 Å². The molecule has 0 radical (unpaired) electrons. The van der Waals surface area contributed by atoms with Crippen molar-refractivity contribution in [1.82, 2.24) is 4.90 Å². The molecule has 2 atom stereocenters. The van der Waals surface area contributed by atoms with Crippen LogP contribution in [-0.2, 0) is 11.2 Å². The van der Waals surface area contributed by atoms with Crippen molar-refractivity contribution in [2.75, 3.05) is 6.54 Å². The number of nitriles is 1. The lowest BCUT2D eigenvalue weighted by atomic mass is 9.91. The van der Waals surface area contributed by atoms with Crippen molar-refractivity contribution in [3.05, 3.63) is 69.5 Å². The molecule has 1 saturated heterocycles. The fourth-order valence-electron chi connectivity index (χ4n) is 4.10. The third kappa shape index (κ3) is 9.17. The van der Waals surface area contributed by atoms with E-state index >= 15 is 0 Å². The van der Waals surface area contributed by atoms with Crippen LogP contribution in [0.5, 0.6) is 0 Å². The Labute approximate surface area is 219 Å². The van der Waals surface area contributed by atoms with Gasteiger partial charge < -0.3 is 4.90 Å². The molecule has 3 nitrogen and oxygen atoms in total. The van der Waals surface area contributed by atoms with E-state index in [4.69, 9.17) is 16.9 Å². The highest BCUT2D eigenvalue weighted by Gasteiger charge is 2.34. The third-order valence-corrected chi connectivity index (χ3v) is 7.05. The zero-order valence-corrected chi connectivity index (χ0v) is 22.9. The van der Waals surface area contributed by atoms with Crippen molar-refractivity contribution < 1.29 is 18.0 Å². The van der Waals surface area contributed by atoms with Crippen molar-refractivity contribution in [2.24, 2.45) is 11.8 Å². The first-order valence-corrected chi connectivity index (χ1v) is 13.0. The first-order valence-electron chi connectivity index (χ1n) is 12.6. The molecule has 1 amide bonds. The highest BCUT2D eigenvalue weighted by molar-refractivity contribution is 6.31. The highest BCUT2D eigenvalue weighted by atomic mass is 35.5. The number of carbonyl (C=O) groups excluding carboxylic acids is 1. The molecule has 3 rings (SSSR count). The van der Waals surface area contributed by atoms with E-state index in [1.807, 2.05) is 19.1 Å². The summed E-state index contributed by atoms with van der Waals surface area (Å²) >= 11 is 5.71. The van der Waals surface area contributed by atoms with Gasteiger partial charge in [-0.2, -0.15) is 5.26 Å². The van der Waals surface area contributed by atoms with Crippen molar-refractivity contribution in [1.29, 1.82) is 5.26 Å². The quantitative estimate of drug-likeness (QED) is 0.358. The Morgan fingerprint density at radius 1 is 1.03 bits per heavy atom. The van der Waals surface area contributed by atoms with E-state index in [1.165, 1.54) is 6.42 Å². The van der Waals surface area contributed by atoms with E-state index in [9.17, 15) is 18.0 Å². The molecule has 0 bridgehead atoms. The first kappa shape index (κ1) is 31.5. The van der Waals surface area contributed by atoms with E-state index in [0.717, 1.165) is 37.4 Å². The summed E-state index contributed by atoms with van der Waals surface area (Å²) in [6, 6.07) is 9.28. The fourth-order valence-corrected chi connectivity index (χ4v) is 4.38. The number of rotatable bonds is 6. The minimum Gasteiger partial charge on any atom is -0.339 e. The number of nitrogens with zero attached hydrogens (tertiary/aromatic N) is 2. The van der Waals surface area contributed by atoms with Gasteiger partial charge in [-0.05, 0) is 67.3 Å². The molecule has 2 aromatic rings. The number of aryl methyl sites for hydroxylation is 2. The van der Waals surface area contributed by atoms with Gasteiger partial charge in [0.05, 0.1) is 10.6 Å². The minimum atomic E-state index is -1.14. The number of carbonyl (C=O) groups is 1. The largest absolute Gasteiger partial charge is 0.339 e. The van der Waals surface area contributed by atoms with Gasteiger partial charge in [0.1, 0.15) is 11.9 Å². The summed E-state index contributed by atoms with van der Waals surface area (Å²) in [4.78, 5) is 14.0. The lowest BCUT2D eigenvalue weighted by molar-refractivity contribution is -0.129. The monoisotopic (exact) mass is 522 g/mol. The molecule has 0 aromatic heterocycles. The maximum absolute atomic E-state index is 12.6. The van der Waals surface area contributed by atoms with E-state index < -0.39 is 17.5 Å². The van der Waals surface area contributed by atoms with Crippen LogP contribution in [0.3, 0.4) is 0 Å². The van der Waals surface area contributed by atoms with Gasteiger partial charge in [0.25, 0.3) is 0 Å². The van der Waals surface area contributed by atoms with Crippen molar-refractivity contribution in [2.45, 2.75) is 79.7 Å². The van der Waals surface area contributed by atoms with Crippen molar-refractivity contribution >= 4 is 17.5 Å². The molecule has 7 heteroatoms. The lowest BCUT2D eigenvalue weighted by Gasteiger charge is -2.27. The summed E-state index contributed by atoms with van der Waals surface area (Å²) in [5, 5.41) is 9.00. The van der Waals surface area contributed by atoms with Crippen LogP contribution in [0, 0.1) is 47.5 Å². The first-order chi connectivity index (χ1) is 17.0. The summed E-state index contributed by atoms with van der Waals surface area (Å²) in [7, 11) is 0. The summed E-state index contributed by atoms with van der Waals surface area (Å²) in [5.74, 6) is -1.15. The smallest absolute Gasteiger partial charge is 0.223 e. The van der Waals surface area contributed by atoms with Gasteiger partial charge >= 0.3 is 0 Å². The Bertz CT molecular complexity index is 1030. The Kier molecular flexibility index (Phi) is 13.6. The molecule has 36 heavy (non-hydrogen) atoms. The molecule has 0 saturated carbocycles. The maximum Gasteiger partial charge on any atom is 0.223 e. The van der Waals surface area contributed by atoms with Crippen LogP contribution in [0.15, 0.2) is 30.3 Å². The summed E-state index contributed by atoms with van der Waals surface area (Å²) in [5.41, 5.74) is 1.81. The SMILES string of the molecule is CCC(C)C1CC(=O)N(C(CC)CC)C1.CCc1cc(F)c(F)cc1F.Cc1ccc(C#N)c(Cl)c1. The van der Waals surface area contributed by atoms with E-state index in [1.54, 1.807) is 19.1 Å². The average molecular weight is 523 g/mol. The number of benzene rings is 2. The highest BCUT2D eigenvalue weighted by Crippen LogP contribution is 2.29. The molecular formula is C29H38ClF3N2O. The third-order valence-electron chi connectivity index (χ3n) is 6.74. The molecule has 0 spiro atoms. The Morgan fingerprint density at radius 3 is 2.14 bits per heavy atom. The van der Waals surface area contributed by atoms with Crippen LogP contribution in [-0.4, -0.2) is 23.4 Å². The van der Waals surface area contributed by atoms with Gasteiger partial charge in [0, 0.05) is 25.1 Å². The predicted octanol–water partition coefficient (Wildman–Crippen LogP) is 8.26.